The van der Waals surface area contributed by atoms with Crippen molar-refractivity contribution in [3.63, 3.8) is 0 Å². The van der Waals surface area contributed by atoms with E-state index >= 15 is 0 Å². The lowest BCUT2D eigenvalue weighted by Gasteiger charge is -2.47. The van der Waals surface area contributed by atoms with Crippen molar-refractivity contribution in [3.8, 4) is 11.3 Å². The highest BCUT2D eigenvalue weighted by Gasteiger charge is 2.60. The van der Waals surface area contributed by atoms with E-state index in [1.807, 2.05) is 81.7 Å². The lowest BCUT2D eigenvalue weighted by molar-refractivity contribution is -0.295. The quantitative estimate of drug-likeness (QED) is 0.172. The van der Waals surface area contributed by atoms with Gasteiger partial charge in [0.05, 0.1) is 35.9 Å². The number of carbonyl (C=O) groups is 4. The highest BCUT2D eigenvalue weighted by Crippen LogP contribution is 2.43. The number of pyridine rings is 1. The number of imidazole rings is 1. The normalized spacial score (nSPS) is 35.5. The summed E-state index contributed by atoms with van der Waals surface area (Å²) >= 11 is 0. The van der Waals surface area contributed by atoms with Crippen molar-refractivity contribution in [1.29, 1.82) is 0 Å². The fourth-order valence-corrected chi connectivity index (χ4v) is 9.72. The average molecular weight is 855 g/mol. The Labute approximate surface area is 361 Å². The summed E-state index contributed by atoms with van der Waals surface area (Å²) in [6.07, 6.45) is 2.75. The van der Waals surface area contributed by atoms with E-state index < -0.39 is 83.4 Å². The van der Waals surface area contributed by atoms with E-state index in [4.69, 9.17) is 23.7 Å². The Balaban J connectivity index is 1.41. The van der Waals surface area contributed by atoms with Crippen LogP contribution in [0.3, 0.4) is 0 Å². The van der Waals surface area contributed by atoms with Gasteiger partial charge in [-0.3, -0.25) is 14.4 Å². The number of methoxy groups -OCH3 is 1. The minimum Gasteiger partial charge on any atom is -0.458 e. The Morgan fingerprint density at radius 3 is 2.25 bits per heavy atom. The lowest BCUT2D eigenvalue weighted by Crippen LogP contribution is -2.60. The zero-order valence-electron chi connectivity index (χ0n) is 38.5. The van der Waals surface area contributed by atoms with Gasteiger partial charge in [-0.1, -0.05) is 27.7 Å². The first-order chi connectivity index (χ1) is 28.7. The van der Waals surface area contributed by atoms with E-state index in [2.05, 4.69) is 9.97 Å². The molecule has 0 aliphatic carbocycles. The van der Waals surface area contributed by atoms with Gasteiger partial charge in [-0.15, -0.1) is 0 Å². The highest BCUT2D eigenvalue weighted by atomic mass is 16.7. The molecule has 0 radical (unpaired) electrons. The number of amides is 1. The molecule has 2 aromatic rings. The third-order valence-electron chi connectivity index (χ3n) is 13.4. The molecule has 1 N–H and O–H groups in total. The number of esters is 1. The molecule has 0 saturated carbocycles. The van der Waals surface area contributed by atoms with Crippen LogP contribution in [-0.4, -0.2) is 149 Å². The number of Topliss-reactive ketones (excluding diaryl/α,β-unsaturated/α-hetero) is 2. The maximum absolute atomic E-state index is 14.8. The highest BCUT2D eigenvalue weighted by molar-refractivity contribution is 6.00. The predicted octanol–water partition coefficient (Wildman–Crippen LogP) is 5.00. The number of nitrogens with zero attached hydrogens (tertiary/aromatic N) is 6. The van der Waals surface area contributed by atoms with E-state index in [0.717, 1.165) is 17.1 Å². The maximum atomic E-state index is 14.8. The number of cyclic esters (lactones) is 1. The smallest absolute Gasteiger partial charge is 0.410 e. The number of unbranched alkanes of at least 4 members (excludes halogenated alkanes) is 1. The Kier molecular flexibility index (Phi) is 15.5. The van der Waals surface area contributed by atoms with Crippen LogP contribution in [0.2, 0.25) is 0 Å². The summed E-state index contributed by atoms with van der Waals surface area (Å²) in [5.41, 5.74) is -0.971. The van der Waals surface area contributed by atoms with Crippen LogP contribution < -0.4 is 4.90 Å². The molecule has 3 aliphatic heterocycles. The first-order valence-electron chi connectivity index (χ1n) is 21.8. The minimum atomic E-state index is -1.41. The van der Waals surface area contributed by atoms with Crippen molar-refractivity contribution in [3.05, 3.63) is 30.9 Å². The maximum Gasteiger partial charge on any atom is 0.410 e. The molecule has 2 aromatic heterocycles. The van der Waals surface area contributed by atoms with Crippen LogP contribution in [0.5, 0.6) is 0 Å². The monoisotopic (exact) mass is 855 g/mol. The number of hydrogen-bond donors (Lipinski definition) is 1. The summed E-state index contributed by atoms with van der Waals surface area (Å²) in [4.78, 5) is 71.5. The zero-order chi connectivity index (χ0) is 45.1. The molecule has 16 heteroatoms. The molecule has 1 amide bonds. The number of rotatable bonds is 12. The van der Waals surface area contributed by atoms with Crippen molar-refractivity contribution in [2.24, 2.45) is 23.7 Å². The first kappa shape index (κ1) is 48.1. The summed E-state index contributed by atoms with van der Waals surface area (Å²) < 4.78 is 33.3. The van der Waals surface area contributed by atoms with Crippen LogP contribution in [-0.2, 0) is 44.6 Å². The Morgan fingerprint density at radius 2 is 1.64 bits per heavy atom. The van der Waals surface area contributed by atoms with E-state index in [1.54, 1.807) is 45.1 Å². The Hall–Kier alpha value is -3.96. The van der Waals surface area contributed by atoms with Gasteiger partial charge in [0.15, 0.2) is 17.7 Å². The van der Waals surface area contributed by atoms with Gasteiger partial charge in [0.1, 0.15) is 29.7 Å². The SMILES string of the molecule is CC[C@H]1OC(=O)[C@H](C)C(=O)[C@H](C)[C@@H](O[C@@H]2O[C@H](C)C[C@H](N(C)C)[C@H]2O)[C@@](C)(OC)C[C@@H](C)C(=O)[C@H](C)[C@H]2N(CCCCn3cnc(-c4ccc(N(C)C)nc4)c3)C(=O)O[C@]12C. The van der Waals surface area contributed by atoms with E-state index in [9.17, 15) is 24.3 Å². The Morgan fingerprint density at radius 1 is 0.951 bits per heavy atom. The largest absolute Gasteiger partial charge is 0.458 e. The number of aliphatic hydroxyl groups excluding tert-OH is 1. The summed E-state index contributed by atoms with van der Waals surface area (Å²) in [5, 5.41) is 11.5. The van der Waals surface area contributed by atoms with Gasteiger partial charge in [0.25, 0.3) is 0 Å². The van der Waals surface area contributed by atoms with Gasteiger partial charge in [-0.25, -0.2) is 14.8 Å². The van der Waals surface area contributed by atoms with Crippen LogP contribution in [0.4, 0.5) is 10.6 Å². The summed E-state index contributed by atoms with van der Waals surface area (Å²) in [6, 6.07) is 2.85. The molecule has 16 nitrogen and oxygen atoms in total. The molecule has 13 atom stereocenters. The summed E-state index contributed by atoms with van der Waals surface area (Å²) in [5.74, 6) is -4.12. The molecule has 3 aliphatic rings. The van der Waals surface area contributed by atoms with Gasteiger partial charge < -0.3 is 48.1 Å². The number of carbonyl (C=O) groups excluding carboxylic acids is 4. The number of aromatic nitrogens is 3. The zero-order valence-corrected chi connectivity index (χ0v) is 38.5. The fraction of sp³-hybridized carbons (Fsp3) is 0.733. The number of aliphatic hydroxyl groups is 1. The molecule has 61 heavy (non-hydrogen) atoms. The number of likely N-dealkylation sites (N-methyl/N-ethyl adjacent to an activating group) is 1. The molecule has 5 heterocycles. The second-order valence-electron chi connectivity index (χ2n) is 18.4. The van der Waals surface area contributed by atoms with E-state index in [0.29, 0.717) is 32.4 Å². The number of ketones is 2. The van der Waals surface area contributed by atoms with Crippen LogP contribution in [0.25, 0.3) is 11.3 Å². The molecule has 0 spiro atoms. The van der Waals surface area contributed by atoms with Crippen molar-refractivity contribution < 1.29 is 48.0 Å². The van der Waals surface area contributed by atoms with Gasteiger partial charge in [-0.05, 0) is 86.0 Å². The second-order valence-corrected chi connectivity index (χ2v) is 18.4. The fourth-order valence-electron chi connectivity index (χ4n) is 9.72. The molecular weight excluding hydrogens is 785 g/mol. The van der Waals surface area contributed by atoms with Crippen molar-refractivity contribution in [1.82, 2.24) is 24.3 Å². The predicted molar refractivity (Wildman–Crippen MR) is 229 cm³/mol. The van der Waals surface area contributed by atoms with Gasteiger partial charge in [0.2, 0.25) is 0 Å². The number of ether oxygens (including phenoxy) is 5. The molecular formula is C45H70N6O10. The van der Waals surface area contributed by atoms with Crippen molar-refractivity contribution in [2.75, 3.05) is 46.7 Å². The van der Waals surface area contributed by atoms with Crippen molar-refractivity contribution >= 4 is 29.4 Å². The standard InChI is InChI=1S/C45H70N6O10/c1-14-34-45(8)39(51(43(56)61-45)20-16-15-19-50-24-32(47-25-50)31-17-18-35(46-23-31)49(11)12)28(4)36(52)26(2)22-44(7,57-13)40(29(5)37(53)30(6)41(55)59-34)60-42-38(54)33(48(9)10)21-27(3)58-42/h17-18,23-30,33-34,38-40,42,54H,14-16,19-22H2,1-13H3/t26-,27-,28+,29+,30-,33+,34-,38-,39-,40-,42+,44+,45-/m1/s1. The van der Waals surface area contributed by atoms with Crippen LogP contribution in [0.1, 0.15) is 87.5 Å². The van der Waals surface area contributed by atoms with Crippen molar-refractivity contribution in [2.45, 2.75) is 148 Å². The third-order valence-corrected chi connectivity index (χ3v) is 13.4. The van der Waals surface area contributed by atoms with Crippen LogP contribution in [0, 0.1) is 23.7 Å². The number of anilines is 1. The first-order valence-corrected chi connectivity index (χ1v) is 21.8. The minimum absolute atomic E-state index is 0.126. The van der Waals surface area contributed by atoms with Crippen LogP contribution in [0.15, 0.2) is 30.9 Å². The average Bonchev–Trinajstić information content (AvgIpc) is 3.80. The number of aryl methyl sites for hydroxylation is 1. The van der Waals surface area contributed by atoms with Gasteiger partial charge >= 0.3 is 12.1 Å². The summed E-state index contributed by atoms with van der Waals surface area (Å²) in [7, 11) is 9.12. The molecule has 0 aromatic carbocycles. The molecule has 5 rings (SSSR count). The summed E-state index contributed by atoms with van der Waals surface area (Å²) in [6.45, 7) is 14.9. The van der Waals surface area contributed by atoms with E-state index in [1.165, 1.54) is 14.0 Å². The third kappa shape index (κ3) is 10.1. The topological polar surface area (TPSA) is 175 Å². The molecule has 0 bridgehead atoms. The molecule has 3 saturated heterocycles. The molecule has 3 fully saturated rings. The van der Waals surface area contributed by atoms with Crippen LogP contribution >= 0.6 is 0 Å². The number of hydrogen-bond acceptors (Lipinski definition) is 14. The Bertz CT molecular complexity index is 1840. The van der Waals surface area contributed by atoms with E-state index in [-0.39, 0.29) is 30.8 Å². The van der Waals surface area contributed by atoms with Gasteiger partial charge in [0, 0.05) is 76.0 Å². The number of fused-ring (bicyclic) bond motifs is 1. The molecule has 0 unspecified atom stereocenters. The molecule has 340 valence electrons. The lowest BCUT2D eigenvalue weighted by atomic mass is 9.73. The second kappa shape index (κ2) is 19.6. The van der Waals surface area contributed by atoms with Gasteiger partial charge in [-0.2, -0.15) is 0 Å².